The first kappa shape index (κ1) is 13.8. The lowest BCUT2D eigenvalue weighted by Gasteiger charge is -2.27. The maximum Gasteiger partial charge on any atom is 0.389 e. The van der Waals surface area contributed by atoms with E-state index in [1.54, 1.807) is 7.11 Å². The molecule has 1 aliphatic carbocycles. The lowest BCUT2D eigenvalue weighted by atomic mass is 10.0. The van der Waals surface area contributed by atoms with Crippen LogP contribution in [-0.4, -0.2) is 32.0 Å². The van der Waals surface area contributed by atoms with Gasteiger partial charge in [0, 0.05) is 19.6 Å². The van der Waals surface area contributed by atoms with Gasteiger partial charge >= 0.3 is 6.18 Å². The monoisotopic (exact) mass is 239 g/mol. The molecule has 2 unspecified atom stereocenters. The molecule has 1 rings (SSSR count). The van der Waals surface area contributed by atoms with Gasteiger partial charge in [0.1, 0.15) is 0 Å². The van der Waals surface area contributed by atoms with Crippen molar-refractivity contribution >= 4 is 0 Å². The van der Waals surface area contributed by atoms with Crippen molar-refractivity contribution in [3.05, 3.63) is 0 Å². The molecular weight excluding hydrogens is 219 g/mol. The first-order valence-corrected chi connectivity index (χ1v) is 5.81. The molecule has 0 aromatic heterocycles. The van der Waals surface area contributed by atoms with Crippen molar-refractivity contribution in [1.29, 1.82) is 0 Å². The number of likely N-dealkylation sites (N-methyl/N-ethyl adjacent to an activating group) is 1. The van der Waals surface area contributed by atoms with E-state index in [-0.39, 0.29) is 18.6 Å². The van der Waals surface area contributed by atoms with E-state index in [9.17, 15) is 13.2 Å². The molecular formula is C11H20F3NO. The van der Waals surface area contributed by atoms with Crippen molar-refractivity contribution in [2.45, 2.75) is 50.9 Å². The maximum atomic E-state index is 12.2. The molecule has 1 saturated carbocycles. The summed E-state index contributed by atoms with van der Waals surface area (Å²) in [5.41, 5.74) is 0. The van der Waals surface area contributed by atoms with E-state index < -0.39 is 12.6 Å². The summed E-state index contributed by atoms with van der Waals surface area (Å²) in [6, 6.07) is -0.177. The molecule has 5 heteroatoms. The molecule has 1 aliphatic rings. The van der Waals surface area contributed by atoms with Gasteiger partial charge in [-0.05, 0) is 31.7 Å². The molecule has 0 bridgehead atoms. The topological polar surface area (TPSA) is 21.3 Å². The Labute approximate surface area is 94.5 Å². The summed E-state index contributed by atoms with van der Waals surface area (Å²) in [5.74, 6) is 0.447. The van der Waals surface area contributed by atoms with Crippen LogP contribution in [0, 0.1) is 5.92 Å². The Morgan fingerprint density at radius 3 is 2.38 bits per heavy atom. The van der Waals surface area contributed by atoms with Crippen molar-refractivity contribution in [2.24, 2.45) is 5.92 Å². The minimum Gasteiger partial charge on any atom is -0.380 e. The summed E-state index contributed by atoms with van der Waals surface area (Å²) < 4.78 is 41.8. The normalized spacial score (nSPS) is 20.8. The molecule has 0 heterocycles. The highest BCUT2D eigenvalue weighted by Crippen LogP contribution is 2.37. The average molecular weight is 239 g/mol. The van der Waals surface area contributed by atoms with E-state index >= 15 is 0 Å². The van der Waals surface area contributed by atoms with Crippen LogP contribution in [0.2, 0.25) is 0 Å². The van der Waals surface area contributed by atoms with Crippen LogP contribution in [0.4, 0.5) is 13.2 Å². The molecule has 1 fully saturated rings. The summed E-state index contributed by atoms with van der Waals surface area (Å²) in [6.45, 7) is 2.58. The number of rotatable bonds is 7. The Bertz CT molecular complexity index is 204. The molecule has 0 saturated heterocycles. The van der Waals surface area contributed by atoms with E-state index in [2.05, 4.69) is 5.32 Å². The Kier molecular flexibility index (Phi) is 5.05. The molecule has 0 spiro atoms. The van der Waals surface area contributed by atoms with Crippen LogP contribution in [0.1, 0.15) is 32.6 Å². The third-order valence-corrected chi connectivity index (χ3v) is 2.96. The van der Waals surface area contributed by atoms with Gasteiger partial charge in [-0.25, -0.2) is 0 Å². The van der Waals surface area contributed by atoms with E-state index in [1.165, 1.54) is 0 Å². The first-order valence-electron chi connectivity index (χ1n) is 5.81. The van der Waals surface area contributed by atoms with Gasteiger partial charge in [0.2, 0.25) is 0 Å². The molecule has 2 atom stereocenters. The van der Waals surface area contributed by atoms with Crippen molar-refractivity contribution in [1.82, 2.24) is 5.32 Å². The third-order valence-electron chi connectivity index (χ3n) is 2.96. The summed E-state index contributed by atoms with van der Waals surface area (Å²) in [6.07, 6.45) is -2.62. The molecule has 2 nitrogen and oxygen atoms in total. The van der Waals surface area contributed by atoms with Crippen LogP contribution in [0.25, 0.3) is 0 Å². The summed E-state index contributed by atoms with van der Waals surface area (Å²) in [4.78, 5) is 0. The fourth-order valence-electron chi connectivity index (χ4n) is 2.07. The second-order valence-electron chi connectivity index (χ2n) is 4.36. The average Bonchev–Trinajstić information content (AvgIpc) is 2.98. The zero-order valence-corrected chi connectivity index (χ0v) is 9.81. The second kappa shape index (κ2) is 5.87. The van der Waals surface area contributed by atoms with E-state index in [0.29, 0.717) is 12.5 Å². The number of hydrogen-bond donors (Lipinski definition) is 1. The fourth-order valence-corrected chi connectivity index (χ4v) is 2.07. The zero-order valence-electron chi connectivity index (χ0n) is 9.81. The van der Waals surface area contributed by atoms with Crippen molar-refractivity contribution in [3.63, 3.8) is 0 Å². The van der Waals surface area contributed by atoms with Gasteiger partial charge in [-0.15, -0.1) is 0 Å². The lowest BCUT2D eigenvalue weighted by molar-refractivity contribution is -0.138. The first-order chi connectivity index (χ1) is 7.48. The lowest BCUT2D eigenvalue weighted by Crippen LogP contribution is -2.42. The van der Waals surface area contributed by atoms with Gasteiger partial charge in [0.05, 0.1) is 6.10 Å². The number of alkyl halides is 3. The third kappa shape index (κ3) is 4.70. The highest BCUT2D eigenvalue weighted by molar-refractivity contribution is 4.90. The summed E-state index contributed by atoms with van der Waals surface area (Å²) >= 11 is 0. The molecule has 96 valence electrons. The van der Waals surface area contributed by atoms with Gasteiger partial charge in [-0.1, -0.05) is 6.92 Å². The molecule has 16 heavy (non-hydrogen) atoms. The van der Waals surface area contributed by atoms with Crippen LogP contribution in [-0.2, 0) is 4.74 Å². The number of methoxy groups -OCH3 is 1. The maximum absolute atomic E-state index is 12.2. The van der Waals surface area contributed by atoms with Crippen molar-refractivity contribution in [3.8, 4) is 0 Å². The highest BCUT2D eigenvalue weighted by atomic mass is 19.4. The molecule has 0 amide bonds. The number of hydrogen-bond acceptors (Lipinski definition) is 2. The molecule has 0 aromatic carbocycles. The van der Waals surface area contributed by atoms with Crippen LogP contribution < -0.4 is 5.32 Å². The number of nitrogens with one attached hydrogen (secondary N) is 1. The minimum atomic E-state index is -4.07. The Morgan fingerprint density at radius 1 is 1.38 bits per heavy atom. The largest absolute Gasteiger partial charge is 0.389 e. The van der Waals surface area contributed by atoms with Crippen LogP contribution in [0.3, 0.4) is 0 Å². The second-order valence-corrected chi connectivity index (χ2v) is 4.36. The molecule has 1 N–H and O–H groups in total. The molecule has 0 aromatic rings. The van der Waals surface area contributed by atoms with Crippen molar-refractivity contribution in [2.75, 3.05) is 13.7 Å². The van der Waals surface area contributed by atoms with Crippen LogP contribution in [0.15, 0.2) is 0 Å². The Morgan fingerprint density at radius 2 is 2.00 bits per heavy atom. The Balaban J connectivity index is 2.44. The fraction of sp³-hybridized carbons (Fsp3) is 1.00. The van der Waals surface area contributed by atoms with E-state index in [1.807, 2.05) is 6.92 Å². The van der Waals surface area contributed by atoms with Crippen LogP contribution in [0.5, 0.6) is 0 Å². The van der Waals surface area contributed by atoms with Crippen molar-refractivity contribution < 1.29 is 17.9 Å². The SMILES string of the molecule is CCNC(CCC(F)(F)F)C(OC)C1CC1. The van der Waals surface area contributed by atoms with E-state index in [4.69, 9.17) is 4.74 Å². The summed E-state index contributed by atoms with van der Waals surface area (Å²) in [7, 11) is 1.58. The zero-order chi connectivity index (χ0) is 12.2. The Hall–Kier alpha value is -0.290. The van der Waals surface area contributed by atoms with Gasteiger partial charge in [-0.2, -0.15) is 13.2 Å². The van der Waals surface area contributed by atoms with Gasteiger partial charge in [-0.3, -0.25) is 0 Å². The molecule has 0 aliphatic heterocycles. The van der Waals surface area contributed by atoms with Gasteiger partial charge < -0.3 is 10.1 Å². The molecule has 0 radical (unpaired) electrons. The van der Waals surface area contributed by atoms with E-state index in [0.717, 1.165) is 12.8 Å². The highest BCUT2D eigenvalue weighted by Gasteiger charge is 2.38. The van der Waals surface area contributed by atoms with Gasteiger partial charge in [0.25, 0.3) is 0 Å². The van der Waals surface area contributed by atoms with Gasteiger partial charge in [0.15, 0.2) is 0 Å². The predicted molar refractivity (Wildman–Crippen MR) is 56.3 cm³/mol. The predicted octanol–water partition coefficient (Wildman–Crippen LogP) is 2.73. The smallest absolute Gasteiger partial charge is 0.380 e. The number of ether oxygens (including phenoxy) is 1. The van der Waals surface area contributed by atoms with Crippen LogP contribution >= 0.6 is 0 Å². The summed E-state index contributed by atoms with van der Waals surface area (Å²) in [5, 5.41) is 3.10. The standard InChI is InChI=1S/C11H20F3NO/c1-3-15-9(6-7-11(12,13)14)10(16-2)8-4-5-8/h8-10,15H,3-7H2,1-2H3. The number of halogens is 3. The minimum absolute atomic E-state index is 0.0673. The quantitative estimate of drug-likeness (QED) is 0.737.